The first-order chi connectivity index (χ1) is 13.3. The van der Waals surface area contributed by atoms with Crippen molar-refractivity contribution in [3.63, 3.8) is 0 Å². The van der Waals surface area contributed by atoms with E-state index in [0.717, 1.165) is 17.5 Å². The zero-order valence-electron chi connectivity index (χ0n) is 16.7. The van der Waals surface area contributed by atoms with Gasteiger partial charge in [0.25, 0.3) is 0 Å². The zero-order chi connectivity index (χ0) is 19.2. The average molecular weight is 375 g/mol. The lowest BCUT2D eigenvalue weighted by Gasteiger charge is -2.01. The van der Waals surface area contributed by atoms with E-state index in [2.05, 4.69) is 86.1 Å². The monoisotopic (exact) mass is 374 g/mol. The van der Waals surface area contributed by atoms with Crippen molar-refractivity contribution in [2.45, 2.75) is 63.7 Å². The molecule has 2 aromatic carbocycles. The smallest absolute Gasteiger partial charge is 0.0256 e. The van der Waals surface area contributed by atoms with Gasteiger partial charge in [-0.15, -0.1) is 11.8 Å². The number of thioether (sulfide) groups is 1. The van der Waals surface area contributed by atoms with Crippen molar-refractivity contribution < 1.29 is 0 Å². The predicted molar refractivity (Wildman–Crippen MR) is 120 cm³/mol. The fourth-order valence-corrected chi connectivity index (χ4v) is 3.61. The van der Waals surface area contributed by atoms with E-state index in [1.165, 1.54) is 54.7 Å². The van der Waals surface area contributed by atoms with E-state index in [1.54, 1.807) is 0 Å². The minimum atomic E-state index is 1.02. The third-order valence-electron chi connectivity index (χ3n) is 4.37. The molecule has 2 rings (SSSR count). The number of unbranched alkanes of at least 4 members (excludes halogenated alkanes) is 4. The fourth-order valence-electron chi connectivity index (χ4n) is 2.70. The van der Waals surface area contributed by atoms with Gasteiger partial charge in [-0.05, 0) is 78.8 Å². The summed E-state index contributed by atoms with van der Waals surface area (Å²) in [5.41, 5.74) is 3.44. The van der Waals surface area contributed by atoms with Crippen LogP contribution in [0.4, 0.5) is 0 Å². The molecule has 0 saturated heterocycles. The van der Waals surface area contributed by atoms with E-state index in [1.807, 2.05) is 11.8 Å². The third kappa shape index (κ3) is 8.90. The van der Waals surface area contributed by atoms with Crippen LogP contribution in [0.3, 0.4) is 0 Å². The summed E-state index contributed by atoms with van der Waals surface area (Å²) in [6.45, 7) is 4.47. The summed E-state index contributed by atoms with van der Waals surface area (Å²) in [7, 11) is 0. The lowest BCUT2D eigenvalue weighted by atomic mass is 10.1. The second-order valence-corrected chi connectivity index (χ2v) is 7.90. The maximum atomic E-state index is 3.13. The highest BCUT2D eigenvalue weighted by Gasteiger charge is 1.95. The van der Waals surface area contributed by atoms with Gasteiger partial charge in [0.2, 0.25) is 0 Å². The molecular weight excluding hydrogens is 344 g/mol. The Labute approximate surface area is 170 Å². The van der Waals surface area contributed by atoms with Crippen molar-refractivity contribution in [3.8, 4) is 23.7 Å². The number of aryl methyl sites for hydroxylation is 1. The highest BCUT2D eigenvalue weighted by molar-refractivity contribution is 7.99. The summed E-state index contributed by atoms with van der Waals surface area (Å²) in [5.74, 6) is 13.4. The Morgan fingerprint density at radius 2 is 1.26 bits per heavy atom. The predicted octanol–water partition coefficient (Wildman–Crippen LogP) is 7.10. The van der Waals surface area contributed by atoms with Gasteiger partial charge in [0.15, 0.2) is 0 Å². The molecule has 0 spiro atoms. The Morgan fingerprint density at radius 3 is 1.85 bits per heavy atom. The standard InChI is InChI=1S/C26H30S/c1-3-5-7-10-22-27-26-20-18-25(19-21-26)13-9-8-12-24-16-14-23(15-17-24)11-6-4-2/h14-21H,3-7,10-11,22H2,1-2H3. The van der Waals surface area contributed by atoms with Gasteiger partial charge < -0.3 is 0 Å². The summed E-state index contributed by atoms with van der Waals surface area (Å²) < 4.78 is 0. The normalized spacial score (nSPS) is 9.85. The first-order valence-corrected chi connectivity index (χ1v) is 11.1. The van der Waals surface area contributed by atoms with Gasteiger partial charge in [-0.1, -0.05) is 63.5 Å². The van der Waals surface area contributed by atoms with E-state index >= 15 is 0 Å². The van der Waals surface area contributed by atoms with E-state index < -0.39 is 0 Å². The molecule has 2 aromatic rings. The van der Waals surface area contributed by atoms with Gasteiger partial charge in [0.05, 0.1) is 0 Å². The van der Waals surface area contributed by atoms with Crippen LogP contribution in [-0.2, 0) is 6.42 Å². The number of rotatable bonds is 9. The fraction of sp³-hybridized carbons (Fsp3) is 0.385. The Kier molecular flexibility index (Phi) is 10.3. The third-order valence-corrected chi connectivity index (χ3v) is 5.47. The Hall–Kier alpha value is -2.09. The van der Waals surface area contributed by atoms with Gasteiger partial charge in [-0.25, -0.2) is 0 Å². The first-order valence-electron chi connectivity index (χ1n) is 10.2. The van der Waals surface area contributed by atoms with Gasteiger partial charge in [-0.2, -0.15) is 0 Å². The zero-order valence-corrected chi connectivity index (χ0v) is 17.5. The van der Waals surface area contributed by atoms with Crippen LogP contribution in [0.1, 0.15) is 69.1 Å². The maximum Gasteiger partial charge on any atom is 0.0256 e. The van der Waals surface area contributed by atoms with Crippen LogP contribution in [0.2, 0.25) is 0 Å². The van der Waals surface area contributed by atoms with Crippen molar-refractivity contribution in [2.75, 3.05) is 5.75 Å². The molecule has 1 heteroatoms. The van der Waals surface area contributed by atoms with Crippen LogP contribution in [-0.4, -0.2) is 5.75 Å². The molecule has 0 saturated carbocycles. The molecule has 27 heavy (non-hydrogen) atoms. The number of hydrogen-bond acceptors (Lipinski definition) is 1. The molecule has 0 nitrogen and oxygen atoms in total. The minimum absolute atomic E-state index is 1.02. The van der Waals surface area contributed by atoms with Gasteiger partial charge >= 0.3 is 0 Å². The molecule has 0 N–H and O–H groups in total. The quantitative estimate of drug-likeness (QED) is 0.256. The summed E-state index contributed by atoms with van der Waals surface area (Å²) in [6, 6.07) is 17.0. The highest BCUT2D eigenvalue weighted by atomic mass is 32.2. The molecule has 0 amide bonds. The summed E-state index contributed by atoms with van der Waals surface area (Å²) in [5, 5.41) is 0. The van der Waals surface area contributed by atoms with Crippen molar-refractivity contribution >= 4 is 11.8 Å². The summed E-state index contributed by atoms with van der Waals surface area (Å²) in [6.07, 6.45) is 8.91. The molecule has 0 aliphatic heterocycles. The molecular formula is C26H30S. The second-order valence-electron chi connectivity index (χ2n) is 6.73. The molecule has 0 aliphatic rings. The lowest BCUT2D eigenvalue weighted by molar-refractivity contribution is 0.706. The first kappa shape index (κ1) is 21.2. The summed E-state index contributed by atoms with van der Waals surface area (Å²) in [4.78, 5) is 1.33. The van der Waals surface area contributed by atoms with Crippen LogP contribution < -0.4 is 0 Å². The minimum Gasteiger partial charge on any atom is -0.126 e. The molecule has 0 aliphatic carbocycles. The Balaban J connectivity index is 1.81. The van der Waals surface area contributed by atoms with Gasteiger partial charge in [0, 0.05) is 16.0 Å². The largest absolute Gasteiger partial charge is 0.126 e. The van der Waals surface area contributed by atoms with E-state index in [9.17, 15) is 0 Å². The molecule has 0 unspecified atom stereocenters. The van der Waals surface area contributed by atoms with Crippen LogP contribution in [0.15, 0.2) is 53.4 Å². The van der Waals surface area contributed by atoms with Crippen LogP contribution in [0.25, 0.3) is 0 Å². The second kappa shape index (κ2) is 13.1. The molecule has 140 valence electrons. The van der Waals surface area contributed by atoms with E-state index in [-0.39, 0.29) is 0 Å². The molecule has 0 fully saturated rings. The van der Waals surface area contributed by atoms with Crippen molar-refractivity contribution in [1.82, 2.24) is 0 Å². The highest BCUT2D eigenvalue weighted by Crippen LogP contribution is 2.20. The SMILES string of the molecule is CCCCCCSc1ccc(C#CC#Cc2ccc(CCCC)cc2)cc1. The topological polar surface area (TPSA) is 0 Å². The summed E-state index contributed by atoms with van der Waals surface area (Å²) >= 11 is 1.93. The van der Waals surface area contributed by atoms with Gasteiger partial charge in [-0.3, -0.25) is 0 Å². The van der Waals surface area contributed by atoms with Crippen LogP contribution in [0.5, 0.6) is 0 Å². The molecule has 0 radical (unpaired) electrons. The van der Waals surface area contributed by atoms with Gasteiger partial charge in [0.1, 0.15) is 0 Å². The molecule has 0 heterocycles. The van der Waals surface area contributed by atoms with Crippen LogP contribution >= 0.6 is 11.8 Å². The van der Waals surface area contributed by atoms with E-state index in [0.29, 0.717) is 0 Å². The van der Waals surface area contributed by atoms with E-state index in [4.69, 9.17) is 0 Å². The maximum absolute atomic E-state index is 3.13. The van der Waals surface area contributed by atoms with Crippen molar-refractivity contribution in [2.24, 2.45) is 0 Å². The van der Waals surface area contributed by atoms with Crippen molar-refractivity contribution in [1.29, 1.82) is 0 Å². The van der Waals surface area contributed by atoms with Crippen molar-refractivity contribution in [3.05, 3.63) is 65.2 Å². The molecule has 0 atom stereocenters. The molecule has 0 aromatic heterocycles. The number of hydrogen-bond donors (Lipinski definition) is 0. The Morgan fingerprint density at radius 1 is 0.667 bits per heavy atom. The van der Waals surface area contributed by atoms with Crippen LogP contribution in [0, 0.1) is 23.7 Å². The molecule has 0 bridgehead atoms. The Bertz CT molecular complexity index is 777. The average Bonchev–Trinajstić information content (AvgIpc) is 2.71. The lowest BCUT2D eigenvalue weighted by Crippen LogP contribution is -1.84. The number of benzene rings is 2.